The molecular formula is C25H34N4O3. The number of carbonyl (C=O) groups excluding carboxylic acids is 2. The van der Waals surface area contributed by atoms with Crippen LogP contribution in [0.1, 0.15) is 76.0 Å². The van der Waals surface area contributed by atoms with E-state index in [0.29, 0.717) is 50.1 Å². The molecule has 1 aromatic carbocycles. The number of benzene rings is 1. The molecule has 1 saturated heterocycles. The summed E-state index contributed by atoms with van der Waals surface area (Å²) in [6.07, 6.45) is 9.50. The average Bonchev–Trinajstić information content (AvgIpc) is 3.30. The van der Waals surface area contributed by atoms with Crippen molar-refractivity contribution < 1.29 is 14.1 Å². The molecule has 0 radical (unpaired) electrons. The summed E-state index contributed by atoms with van der Waals surface area (Å²) < 4.78 is 5.61. The third-order valence-electron chi connectivity index (χ3n) is 6.77. The second-order valence-corrected chi connectivity index (χ2v) is 9.14. The minimum Gasteiger partial charge on any atom is -0.356 e. The molecule has 2 fully saturated rings. The second-order valence-electron chi connectivity index (χ2n) is 9.14. The Labute approximate surface area is 189 Å². The van der Waals surface area contributed by atoms with Crippen molar-refractivity contribution in [1.82, 2.24) is 20.4 Å². The minimum atomic E-state index is -0.00313. The fourth-order valence-electron chi connectivity index (χ4n) is 4.86. The third-order valence-corrected chi connectivity index (χ3v) is 6.77. The molecule has 1 atom stereocenters. The lowest BCUT2D eigenvalue weighted by Crippen LogP contribution is -2.36. The smallest absolute Gasteiger partial charge is 0.230 e. The molecule has 172 valence electrons. The van der Waals surface area contributed by atoms with Crippen LogP contribution in [0.3, 0.4) is 0 Å². The van der Waals surface area contributed by atoms with Crippen LogP contribution in [-0.4, -0.2) is 46.5 Å². The van der Waals surface area contributed by atoms with Crippen molar-refractivity contribution in [2.45, 2.75) is 70.1 Å². The Morgan fingerprint density at radius 3 is 2.66 bits per heavy atom. The van der Waals surface area contributed by atoms with Crippen molar-refractivity contribution in [3.8, 4) is 11.4 Å². The maximum Gasteiger partial charge on any atom is 0.230 e. The van der Waals surface area contributed by atoms with E-state index in [-0.39, 0.29) is 17.7 Å². The van der Waals surface area contributed by atoms with Gasteiger partial charge in [-0.2, -0.15) is 4.98 Å². The topological polar surface area (TPSA) is 88.3 Å². The van der Waals surface area contributed by atoms with Crippen LogP contribution in [0.4, 0.5) is 0 Å². The Morgan fingerprint density at radius 2 is 1.84 bits per heavy atom. The third kappa shape index (κ3) is 6.17. The van der Waals surface area contributed by atoms with Crippen molar-refractivity contribution in [2.75, 3.05) is 19.6 Å². The fraction of sp³-hybridized carbons (Fsp3) is 0.600. The fourth-order valence-corrected chi connectivity index (χ4v) is 4.86. The van der Waals surface area contributed by atoms with Gasteiger partial charge in [0.25, 0.3) is 0 Å². The molecule has 7 heteroatoms. The predicted molar refractivity (Wildman–Crippen MR) is 122 cm³/mol. The Balaban J connectivity index is 1.40. The average molecular weight is 439 g/mol. The first kappa shape index (κ1) is 22.5. The summed E-state index contributed by atoms with van der Waals surface area (Å²) in [7, 11) is 0. The summed E-state index contributed by atoms with van der Waals surface area (Å²) in [6, 6.07) is 9.78. The molecule has 2 heterocycles. The Kier molecular flexibility index (Phi) is 7.91. The quantitative estimate of drug-likeness (QED) is 0.768. The van der Waals surface area contributed by atoms with E-state index < -0.39 is 0 Å². The number of amides is 2. The maximum absolute atomic E-state index is 13.0. The summed E-state index contributed by atoms with van der Waals surface area (Å²) in [5.41, 5.74) is 0.923. The molecule has 1 saturated carbocycles. The van der Waals surface area contributed by atoms with Crippen molar-refractivity contribution in [1.29, 1.82) is 0 Å². The number of carbonyl (C=O) groups is 2. The molecule has 1 aliphatic carbocycles. The lowest BCUT2D eigenvalue weighted by atomic mass is 9.86. The number of rotatable bonds is 4. The van der Waals surface area contributed by atoms with E-state index >= 15 is 0 Å². The van der Waals surface area contributed by atoms with E-state index in [2.05, 4.69) is 15.5 Å². The number of aromatic nitrogens is 2. The van der Waals surface area contributed by atoms with Crippen molar-refractivity contribution in [3.63, 3.8) is 0 Å². The lowest BCUT2D eigenvalue weighted by Gasteiger charge is -2.27. The highest BCUT2D eigenvalue weighted by Crippen LogP contribution is 2.28. The monoisotopic (exact) mass is 438 g/mol. The molecule has 1 aliphatic heterocycles. The molecule has 0 bridgehead atoms. The zero-order valence-corrected chi connectivity index (χ0v) is 18.8. The molecular weight excluding hydrogens is 404 g/mol. The van der Waals surface area contributed by atoms with Crippen molar-refractivity contribution in [3.05, 3.63) is 36.2 Å². The highest BCUT2D eigenvalue weighted by Gasteiger charge is 2.24. The van der Waals surface area contributed by atoms with Gasteiger partial charge in [0.1, 0.15) is 0 Å². The molecule has 4 rings (SSSR count). The summed E-state index contributed by atoms with van der Waals surface area (Å²) >= 11 is 0. The highest BCUT2D eigenvalue weighted by molar-refractivity contribution is 5.79. The van der Waals surface area contributed by atoms with Crippen LogP contribution in [0.2, 0.25) is 0 Å². The van der Waals surface area contributed by atoms with E-state index in [0.717, 1.165) is 37.7 Å². The van der Waals surface area contributed by atoms with Crippen LogP contribution in [0.15, 0.2) is 34.9 Å². The summed E-state index contributed by atoms with van der Waals surface area (Å²) in [6.45, 7) is 1.75. The Bertz CT molecular complexity index is 876. The first-order valence-corrected chi connectivity index (χ1v) is 12.1. The first-order chi connectivity index (χ1) is 15.7. The Hall–Kier alpha value is -2.70. The van der Waals surface area contributed by atoms with Gasteiger partial charge in [-0.1, -0.05) is 54.8 Å². The molecule has 1 N–H and O–H groups in total. The standard InChI is InChI=1S/C25H34N4O3/c30-22-14-17-29(23(31)18-19-8-3-1-4-9-19)16-7-12-21(13-15-26-22)25-27-24(28-32-25)20-10-5-2-6-11-20/h2,5-6,10-11,19,21H,1,3-4,7-9,12-18H2,(H,26,30). The van der Waals surface area contributed by atoms with Crippen molar-refractivity contribution >= 4 is 11.8 Å². The van der Waals surface area contributed by atoms with Crippen LogP contribution >= 0.6 is 0 Å². The van der Waals surface area contributed by atoms with E-state index in [4.69, 9.17) is 4.52 Å². The molecule has 0 spiro atoms. The van der Waals surface area contributed by atoms with Crippen LogP contribution in [0.25, 0.3) is 11.4 Å². The van der Waals surface area contributed by atoms with Gasteiger partial charge in [0.2, 0.25) is 23.5 Å². The van der Waals surface area contributed by atoms with E-state index in [1.54, 1.807) is 0 Å². The normalized spacial score (nSPS) is 21.6. The van der Waals surface area contributed by atoms with Gasteiger partial charge in [0, 0.05) is 44.0 Å². The molecule has 7 nitrogen and oxygen atoms in total. The molecule has 1 aromatic heterocycles. The number of hydrogen-bond acceptors (Lipinski definition) is 5. The van der Waals surface area contributed by atoms with Gasteiger partial charge in [0.15, 0.2) is 0 Å². The largest absolute Gasteiger partial charge is 0.356 e. The van der Waals surface area contributed by atoms with Gasteiger partial charge in [0.05, 0.1) is 0 Å². The van der Waals surface area contributed by atoms with E-state index in [9.17, 15) is 9.59 Å². The highest BCUT2D eigenvalue weighted by atomic mass is 16.5. The van der Waals surface area contributed by atoms with Gasteiger partial charge >= 0.3 is 0 Å². The van der Waals surface area contributed by atoms with Crippen molar-refractivity contribution in [2.24, 2.45) is 5.92 Å². The van der Waals surface area contributed by atoms with Gasteiger partial charge in [-0.15, -0.1) is 0 Å². The molecule has 1 unspecified atom stereocenters. The summed E-state index contributed by atoms with van der Waals surface area (Å²) in [4.78, 5) is 31.8. The number of nitrogens with zero attached hydrogens (tertiary/aromatic N) is 3. The zero-order valence-electron chi connectivity index (χ0n) is 18.8. The minimum absolute atomic E-state index is 0.00313. The zero-order chi connectivity index (χ0) is 22.2. The maximum atomic E-state index is 13.0. The summed E-state index contributed by atoms with van der Waals surface area (Å²) in [5.74, 6) is 1.96. The molecule has 2 aliphatic rings. The predicted octanol–water partition coefficient (Wildman–Crippen LogP) is 4.31. The van der Waals surface area contributed by atoms with Crippen LogP contribution in [0.5, 0.6) is 0 Å². The van der Waals surface area contributed by atoms with Crippen LogP contribution in [0, 0.1) is 5.92 Å². The van der Waals surface area contributed by atoms with Gasteiger partial charge in [-0.25, -0.2) is 0 Å². The SMILES string of the molecule is O=C1CCN(C(=O)CC2CCCCC2)CCCC(c2nc(-c3ccccc3)no2)CCN1. The molecule has 32 heavy (non-hydrogen) atoms. The lowest BCUT2D eigenvalue weighted by molar-refractivity contribution is -0.133. The van der Waals surface area contributed by atoms with Gasteiger partial charge in [-0.05, 0) is 38.0 Å². The van der Waals surface area contributed by atoms with Crippen LogP contribution < -0.4 is 5.32 Å². The number of nitrogens with one attached hydrogen (secondary N) is 1. The Morgan fingerprint density at radius 1 is 1.03 bits per heavy atom. The summed E-state index contributed by atoms with van der Waals surface area (Å²) in [5, 5.41) is 7.15. The van der Waals surface area contributed by atoms with Gasteiger partial charge < -0.3 is 14.7 Å². The first-order valence-electron chi connectivity index (χ1n) is 12.1. The molecule has 2 amide bonds. The molecule has 2 aromatic rings. The number of hydrogen-bond donors (Lipinski definition) is 1. The van der Waals surface area contributed by atoms with E-state index in [1.165, 1.54) is 19.3 Å². The van der Waals surface area contributed by atoms with E-state index in [1.807, 2.05) is 35.2 Å². The van der Waals surface area contributed by atoms with Crippen LogP contribution in [-0.2, 0) is 9.59 Å². The second kappa shape index (κ2) is 11.2. The van der Waals surface area contributed by atoms with Gasteiger partial charge in [-0.3, -0.25) is 9.59 Å².